The van der Waals surface area contributed by atoms with E-state index in [0.29, 0.717) is 24.6 Å². The number of hydrogen-bond acceptors (Lipinski definition) is 3. The molecule has 3 aromatic rings. The van der Waals surface area contributed by atoms with Crippen LogP contribution in [0.3, 0.4) is 0 Å². The number of ether oxygens (including phenoxy) is 1. The molecule has 0 bridgehead atoms. The maximum atomic E-state index is 14.0. The van der Waals surface area contributed by atoms with Gasteiger partial charge in [0.05, 0.1) is 12.6 Å². The molecule has 1 atom stereocenters. The van der Waals surface area contributed by atoms with E-state index >= 15 is 0 Å². The largest absolute Gasteiger partial charge is 0.474 e. The van der Waals surface area contributed by atoms with Crippen molar-refractivity contribution in [2.24, 2.45) is 4.99 Å². The molecule has 3 nitrogen and oxygen atoms in total. The minimum absolute atomic E-state index is 0.154. The number of thioether (sulfide) groups is 1. The Morgan fingerprint density at radius 3 is 2.89 bits per heavy atom. The highest BCUT2D eigenvalue weighted by atomic mass is 32.2. The van der Waals surface area contributed by atoms with Gasteiger partial charge in [0.15, 0.2) is 0 Å². The number of nitrogens with zero attached hydrogens (tertiary/aromatic N) is 2. The van der Waals surface area contributed by atoms with Gasteiger partial charge in [0.1, 0.15) is 18.1 Å². The zero-order valence-corrected chi connectivity index (χ0v) is 16.7. The summed E-state index contributed by atoms with van der Waals surface area (Å²) in [7, 11) is 0. The van der Waals surface area contributed by atoms with Crippen molar-refractivity contribution >= 4 is 17.7 Å². The van der Waals surface area contributed by atoms with Crippen molar-refractivity contribution in [2.45, 2.75) is 25.3 Å². The lowest BCUT2D eigenvalue weighted by molar-refractivity contribution is 0.323. The van der Waals surface area contributed by atoms with E-state index in [-0.39, 0.29) is 11.9 Å². The van der Waals surface area contributed by atoms with Gasteiger partial charge in [-0.25, -0.2) is 9.38 Å². The molecule has 0 saturated carbocycles. The molecule has 0 amide bonds. The summed E-state index contributed by atoms with van der Waals surface area (Å²) in [6, 6.07) is 19.5. The fraction of sp³-hybridized carbons (Fsp3) is 0.261. The van der Waals surface area contributed by atoms with Crippen LogP contribution in [0.4, 0.5) is 4.39 Å². The molecular weight excluding hydrogens is 371 g/mol. The van der Waals surface area contributed by atoms with Gasteiger partial charge >= 0.3 is 0 Å². The molecule has 4 rings (SSSR count). The van der Waals surface area contributed by atoms with E-state index < -0.39 is 0 Å². The summed E-state index contributed by atoms with van der Waals surface area (Å²) in [5.74, 6) is 2.36. The Morgan fingerprint density at radius 1 is 1.14 bits per heavy atom. The summed E-state index contributed by atoms with van der Waals surface area (Å²) >= 11 is 1.88. The number of aliphatic imine (C=N–C) groups is 1. The number of aromatic nitrogens is 1. The van der Waals surface area contributed by atoms with Gasteiger partial charge in [0, 0.05) is 23.3 Å². The maximum Gasteiger partial charge on any atom is 0.233 e. The van der Waals surface area contributed by atoms with Crippen LogP contribution in [0.2, 0.25) is 0 Å². The van der Waals surface area contributed by atoms with E-state index in [1.807, 2.05) is 40.7 Å². The molecule has 0 aliphatic carbocycles. The second-order valence-electron chi connectivity index (χ2n) is 7.02. The predicted octanol–water partition coefficient (Wildman–Crippen LogP) is 5.06. The predicted molar refractivity (Wildman–Crippen MR) is 114 cm³/mol. The number of benzene rings is 2. The van der Waals surface area contributed by atoms with Crippen LogP contribution >= 0.6 is 11.8 Å². The Morgan fingerprint density at radius 2 is 2.04 bits per heavy atom. The van der Waals surface area contributed by atoms with Crippen LogP contribution in [0.15, 0.2) is 71.9 Å². The lowest BCUT2D eigenvalue weighted by atomic mass is 10.2. The quantitative estimate of drug-likeness (QED) is 0.560. The third-order valence-corrected chi connectivity index (χ3v) is 5.88. The zero-order valence-electron chi connectivity index (χ0n) is 15.8. The van der Waals surface area contributed by atoms with Gasteiger partial charge in [-0.2, -0.15) is 11.8 Å². The molecule has 0 saturated heterocycles. The number of halogens is 1. The maximum absolute atomic E-state index is 14.0. The van der Waals surface area contributed by atoms with Crippen LogP contribution in [0.5, 0.6) is 0 Å². The molecule has 1 aliphatic rings. The normalized spacial score (nSPS) is 16.1. The SMILES string of the molecule is Cc1cccc(CSC[C@@H]2COC(c3cccn3Cc3ccccc3F)=N2)c1. The van der Waals surface area contributed by atoms with Gasteiger partial charge in [-0.1, -0.05) is 48.0 Å². The second kappa shape index (κ2) is 8.65. The second-order valence-corrected chi connectivity index (χ2v) is 8.05. The van der Waals surface area contributed by atoms with E-state index in [2.05, 4.69) is 31.2 Å². The van der Waals surface area contributed by atoms with Crippen molar-refractivity contribution < 1.29 is 9.13 Å². The van der Waals surface area contributed by atoms with Crippen LogP contribution in [0.25, 0.3) is 0 Å². The first-order chi connectivity index (χ1) is 13.7. The van der Waals surface area contributed by atoms with Crippen LogP contribution in [-0.2, 0) is 17.0 Å². The van der Waals surface area contributed by atoms with Crippen molar-refractivity contribution in [1.29, 1.82) is 0 Å². The first-order valence-electron chi connectivity index (χ1n) is 9.42. The lowest BCUT2D eigenvalue weighted by Gasteiger charge is -2.09. The molecule has 5 heteroatoms. The van der Waals surface area contributed by atoms with Crippen molar-refractivity contribution in [2.75, 3.05) is 12.4 Å². The van der Waals surface area contributed by atoms with Crippen molar-refractivity contribution in [3.05, 3.63) is 95.1 Å². The summed E-state index contributed by atoms with van der Waals surface area (Å²) in [5.41, 5.74) is 4.18. The molecule has 0 radical (unpaired) electrons. The standard InChI is InChI=1S/C23H23FN2OS/c1-17-6-4-7-18(12-17)15-28-16-20-14-27-23(25-20)22-10-5-11-26(22)13-19-8-2-3-9-21(19)24/h2-12,20H,13-16H2,1H3/t20-/m0/s1. The number of rotatable bonds is 7. The van der Waals surface area contributed by atoms with Gasteiger partial charge in [0.2, 0.25) is 5.90 Å². The molecule has 0 spiro atoms. The molecule has 28 heavy (non-hydrogen) atoms. The van der Waals surface area contributed by atoms with E-state index in [1.165, 1.54) is 17.2 Å². The van der Waals surface area contributed by atoms with Crippen molar-refractivity contribution in [3.8, 4) is 0 Å². The van der Waals surface area contributed by atoms with E-state index in [9.17, 15) is 4.39 Å². The zero-order chi connectivity index (χ0) is 19.3. The minimum Gasteiger partial charge on any atom is -0.474 e. The smallest absolute Gasteiger partial charge is 0.233 e. The van der Waals surface area contributed by atoms with Crippen LogP contribution in [-0.4, -0.2) is 28.9 Å². The lowest BCUT2D eigenvalue weighted by Crippen LogP contribution is -2.11. The fourth-order valence-electron chi connectivity index (χ4n) is 3.31. The summed E-state index contributed by atoms with van der Waals surface area (Å²) in [4.78, 5) is 4.76. The average molecular weight is 395 g/mol. The topological polar surface area (TPSA) is 26.5 Å². The molecule has 0 fully saturated rings. The Hall–Kier alpha value is -2.53. The van der Waals surface area contributed by atoms with Gasteiger partial charge in [0.25, 0.3) is 0 Å². The molecule has 1 aliphatic heterocycles. The molecule has 2 heterocycles. The molecule has 2 aromatic carbocycles. The monoisotopic (exact) mass is 394 g/mol. The first kappa shape index (κ1) is 18.8. The summed E-state index contributed by atoms with van der Waals surface area (Å²) in [5, 5.41) is 0. The van der Waals surface area contributed by atoms with Gasteiger partial charge in [-0.05, 0) is 30.7 Å². The molecule has 144 valence electrons. The van der Waals surface area contributed by atoms with Crippen LogP contribution in [0.1, 0.15) is 22.4 Å². The van der Waals surface area contributed by atoms with E-state index in [4.69, 9.17) is 9.73 Å². The highest BCUT2D eigenvalue weighted by Gasteiger charge is 2.22. The van der Waals surface area contributed by atoms with Crippen LogP contribution < -0.4 is 0 Å². The van der Waals surface area contributed by atoms with Gasteiger partial charge < -0.3 is 9.30 Å². The van der Waals surface area contributed by atoms with E-state index in [1.54, 1.807) is 12.1 Å². The third kappa shape index (κ3) is 4.47. The Balaban J connectivity index is 1.38. The average Bonchev–Trinajstić information content (AvgIpc) is 3.33. The number of aryl methyl sites for hydroxylation is 1. The summed E-state index contributed by atoms with van der Waals surface area (Å²) < 4.78 is 21.8. The van der Waals surface area contributed by atoms with Crippen molar-refractivity contribution in [1.82, 2.24) is 4.57 Å². The Labute approximate surface area is 169 Å². The van der Waals surface area contributed by atoms with Gasteiger partial charge in [-0.3, -0.25) is 0 Å². The molecular formula is C23H23FN2OS. The minimum atomic E-state index is -0.193. The summed E-state index contributed by atoms with van der Waals surface area (Å²) in [6.07, 6.45) is 1.94. The first-order valence-corrected chi connectivity index (χ1v) is 10.6. The highest BCUT2D eigenvalue weighted by molar-refractivity contribution is 7.98. The Bertz CT molecular complexity index is 982. The number of hydrogen-bond donors (Lipinski definition) is 0. The third-order valence-electron chi connectivity index (χ3n) is 4.72. The fourth-order valence-corrected chi connectivity index (χ4v) is 4.29. The molecule has 1 aromatic heterocycles. The van der Waals surface area contributed by atoms with Crippen LogP contribution in [0, 0.1) is 12.7 Å². The van der Waals surface area contributed by atoms with Crippen molar-refractivity contribution in [3.63, 3.8) is 0 Å². The highest BCUT2D eigenvalue weighted by Crippen LogP contribution is 2.20. The van der Waals surface area contributed by atoms with E-state index in [0.717, 1.165) is 17.2 Å². The molecule has 0 N–H and O–H groups in total. The van der Waals surface area contributed by atoms with Gasteiger partial charge in [-0.15, -0.1) is 0 Å². The Kier molecular flexibility index (Phi) is 5.81. The summed E-state index contributed by atoms with van der Waals surface area (Å²) in [6.45, 7) is 3.18. The molecule has 0 unspecified atom stereocenters.